The van der Waals surface area contributed by atoms with Crippen LogP contribution in [0.15, 0.2) is 24.3 Å². The summed E-state index contributed by atoms with van der Waals surface area (Å²) in [4.78, 5) is 13.4. The SMILES string of the molecule is CC(C)(C)C1CCN(c2ccccc2C(=O)O)C1. The van der Waals surface area contributed by atoms with Gasteiger partial charge in [0.25, 0.3) is 0 Å². The van der Waals surface area contributed by atoms with Gasteiger partial charge in [0.05, 0.1) is 11.3 Å². The average Bonchev–Trinajstić information content (AvgIpc) is 2.77. The van der Waals surface area contributed by atoms with Gasteiger partial charge in [-0.15, -0.1) is 0 Å². The van der Waals surface area contributed by atoms with Crippen LogP contribution in [-0.4, -0.2) is 24.2 Å². The molecule has 98 valence electrons. The molecule has 1 unspecified atom stereocenters. The summed E-state index contributed by atoms with van der Waals surface area (Å²) in [5.74, 6) is -0.218. The number of benzene rings is 1. The number of para-hydroxylation sites is 1. The molecule has 1 N–H and O–H groups in total. The molecule has 3 heteroatoms. The second-order valence-electron chi connectivity index (χ2n) is 6.12. The fourth-order valence-corrected chi connectivity index (χ4v) is 2.62. The molecule has 0 spiro atoms. The van der Waals surface area contributed by atoms with Gasteiger partial charge in [0.2, 0.25) is 0 Å². The Hall–Kier alpha value is -1.51. The van der Waals surface area contributed by atoms with E-state index in [1.54, 1.807) is 12.1 Å². The Morgan fingerprint density at radius 3 is 2.56 bits per heavy atom. The van der Waals surface area contributed by atoms with Gasteiger partial charge in [0.15, 0.2) is 0 Å². The Labute approximate surface area is 108 Å². The predicted octanol–water partition coefficient (Wildman–Crippen LogP) is 3.26. The maximum Gasteiger partial charge on any atom is 0.337 e. The molecule has 1 heterocycles. The molecule has 1 fully saturated rings. The van der Waals surface area contributed by atoms with Crippen LogP contribution in [0.4, 0.5) is 5.69 Å². The Kier molecular flexibility index (Phi) is 3.33. The van der Waals surface area contributed by atoms with E-state index in [-0.39, 0.29) is 5.41 Å². The number of hydrogen-bond donors (Lipinski definition) is 1. The molecular formula is C15H21NO2. The Bertz CT molecular complexity index is 448. The fourth-order valence-electron chi connectivity index (χ4n) is 2.62. The van der Waals surface area contributed by atoms with Crippen LogP contribution in [0.5, 0.6) is 0 Å². The number of aromatic carboxylic acids is 1. The number of hydrogen-bond acceptors (Lipinski definition) is 2. The van der Waals surface area contributed by atoms with Gasteiger partial charge in [-0.05, 0) is 29.9 Å². The maximum absolute atomic E-state index is 11.2. The number of carbonyl (C=O) groups is 1. The molecule has 0 radical (unpaired) electrons. The molecule has 0 amide bonds. The van der Waals surface area contributed by atoms with E-state index in [0.29, 0.717) is 11.5 Å². The van der Waals surface area contributed by atoms with Crippen molar-refractivity contribution in [2.24, 2.45) is 11.3 Å². The molecule has 3 nitrogen and oxygen atoms in total. The summed E-state index contributed by atoms with van der Waals surface area (Å²) in [6.45, 7) is 8.67. The first-order valence-electron chi connectivity index (χ1n) is 6.47. The zero-order valence-electron chi connectivity index (χ0n) is 11.3. The highest BCUT2D eigenvalue weighted by Gasteiger charge is 2.32. The van der Waals surface area contributed by atoms with Gasteiger partial charge < -0.3 is 10.0 Å². The quantitative estimate of drug-likeness (QED) is 0.872. The molecule has 0 aliphatic carbocycles. The van der Waals surface area contributed by atoms with E-state index in [0.717, 1.165) is 25.2 Å². The van der Waals surface area contributed by atoms with Gasteiger partial charge in [0, 0.05) is 13.1 Å². The molecule has 0 saturated carbocycles. The number of nitrogens with zero attached hydrogens (tertiary/aromatic N) is 1. The number of carboxylic acid groups (broad SMARTS) is 1. The van der Waals surface area contributed by atoms with Gasteiger partial charge in [0.1, 0.15) is 0 Å². The van der Waals surface area contributed by atoms with Gasteiger partial charge in [-0.25, -0.2) is 4.79 Å². The van der Waals surface area contributed by atoms with Crippen LogP contribution in [0.25, 0.3) is 0 Å². The zero-order valence-corrected chi connectivity index (χ0v) is 11.3. The maximum atomic E-state index is 11.2. The Morgan fingerprint density at radius 2 is 2.00 bits per heavy atom. The van der Waals surface area contributed by atoms with Crippen molar-refractivity contribution in [3.05, 3.63) is 29.8 Å². The van der Waals surface area contributed by atoms with Crippen LogP contribution < -0.4 is 4.90 Å². The summed E-state index contributed by atoms with van der Waals surface area (Å²) >= 11 is 0. The lowest BCUT2D eigenvalue weighted by molar-refractivity contribution is 0.0697. The summed E-state index contributed by atoms with van der Waals surface area (Å²) < 4.78 is 0. The third-order valence-corrected chi connectivity index (χ3v) is 3.89. The molecule has 1 atom stereocenters. The number of rotatable bonds is 2. The fraction of sp³-hybridized carbons (Fsp3) is 0.533. The monoisotopic (exact) mass is 247 g/mol. The third kappa shape index (κ3) is 2.50. The molecule has 1 aliphatic heterocycles. The molecule has 0 aromatic heterocycles. The number of anilines is 1. The smallest absolute Gasteiger partial charge is 0.337 e. The van der Waals surface area contributed by atoms with Crippen LogP contribution in [-0.2, 0) is 0 Å². The lowest BCUT2D eigenvalue weighted by Crippen LogP contribution is -2.26. The minimum absolute atomic E-state index is 0.285. The van der Waals surface area contributed by atoms with Crippen molar-refractivity contribution in [3.63, 3.8) is 0 Å². The zero-order chi connectivity index (χ0) is 13.3. The second-order valence-corrected chi connectivity index (χ2v) is 6.12. The molecule has 1 aromatic carbocycles. The largest absolute Gasteiger partial charge is 0.478 e. The highest BCUT2D eigenvalue weighted by atomic mass is 16.4. The van der Waals surface area contributed by atoms with Crippen LogP contribution in [0, 0.1) is 11.3 Å². The summed E-state index contributed by atoms with van der Waals surface area (Å²) in [7, 11) is 0. The molecule has 18 heavy (non-hydrogen) atoms. The molecule has 0 bridgehead atoms. The van der Waals surface area contributed by atoms with Gasteiger partial charge >= 0.3 is 5.97 Å². The standard InChI is InChI=1S/C15H21NO2/c1-15(2,3)11-8-9-16(10-11)13-7-5-4-6-12(13)14(17)18/h4-7,11H,8-10H2,1-3H3,(H,17,18). The summed E-state index contributed by atoms with van der Waals surface area (Å²) in [5.41, 5.74) is 1.55. The minimum atomic E-state index is -0.843. The summed E-state index contributed by atoms with van der Waals surface area (Å²) in [6.07, 6.45) is 1.14. The van der Waals surface area contributed by atoms with Gasteiger partial charge in [-0.1, -0.05) is 32.9 Å². The average molecular weight is 247 g/mol. The van der Waals surface area contributed by atoms with E-state index in [1.165, 1.54) is 0 Å². The molecule has 2 rings (SSSR count). The van der Waals surface area contributed by atoms with Crippen LogP contribution in [0.2, 0.25) is 0 Å². The number of carboxylic acids is 1. The van der Waals surface area contributed by atoms with E-state index in [1.807, 2.05) is 12.1 Å². The van der Waals surface area contributed by atoms with Crippen LogP contribution in [0.3, 0.4) is 0 Å². The van der Waals surface area contributed by atoms with E-state index < -0.39 is 5.97 Å². The molecule has 1 saturated heterocycles. The van der Waals surface area contributed by atoms with Crippen molar-refractivity contribution in [2.75, 3.05) is 18.0 Å². The first-order valence-corrected chi connectivity index (χ1v) is 6.47. The van der Waals surface area contributed by atoms with Crippen molar-refractivity contribution in [3.8, 4) is 0 Å². The summed E-state index contributed by atoms with van der Waals surface area (Å²) in [5, 5.41) is 9.23. The van der Waals surface area contributed by atoms with Crippen molar-refractivity contribution >= 4 is 11.7 Å². The highest BCUT2D eigenvalue weighted by molar-refractivity contribution is 5.94. The van der Waals surface area contributed by atoms with Crippen molar-refractivity contribution < 1.29 is 9.90 Å². The topological polar surface area (TPSA) is 40.5 Å². The van der Waals surface area contributed by atoms with Gasteiger partial charge in [-0.2, -0.15) is 0 Å². The molecule has 1 aliphatic rings. The van der Waals surface area contributed by atoms with Crippen molar-refractivity contribution in [1.82, 2.24) is 0 Å². The Morgan fingerprint density at radius 1 is 1.33 bits per heavy atom. The van der Waals surface area contributed by atoms with Crippen molar-refractivity contribution in [1.29, 1.82) is 0 Å². The lowest BCUT2D eigenvalue weighted by Gasteiger charge is -2.28. The Balaban J connectivity index is 2.22. The highest BCUT2D eigenvalue weighted by Crippen LogP contribution is 2.36. The molecular weight excluding hydrogens is 226 g/mol. The van der Waals surface area contributed by atoms with E-state index in [9.17, 15) is 9.90 Å². The molecule has 1 aromatic rings. The first-order chi connectivity index (χ1) is 8.39. The predicted molar refractivity (Wildman–Crippen MR) is 73.2 cm³/mol. The normalized spacial score (nSPS) is 20.2. The van der Waals surface area contributed by atoms with Crippen LogP contribution >= 0.6 is 0 Å². The van der Waals surface area contributed by atoms with Crippen molar-refractivity contribution in [2.45, 2.75) is 27.2 Å². The van der Waals surface area contributed by atoms with Crippen LogP contribution in [0.1, 0.15) is 37.6 Å². The third-order valence-electron chi connectivity index (χ3n) is 3.89. The van der Waals surface area contributed by atoms with E-state index >= 15 is 0 Å². The van der Waals surface area contributed by atoms with E-state index in [2.05, 4.69) is 25.7 Å². The summed E-state index contributed by atoms with van der Waals surface area (Å²) in [6, 6.07) is 7.28. The minimum Gasteiger partial charge on any atom is -0.478 e. The van der Waals surface area contributed by atoms with E-state index in [4.69, 9.17) is 0 Å². The van der Waals surface area contributed by atoms with Gasteiger partial charge in [-0.3, -0.25) is 0 Å². The first kappa shape index (κ1) is 12.9. The lowest BCUT2D eigenvalue weighted by atomic mass is 9.80. The second kappa shape index (κ2) is 4.63.